The molecule has 0 unspecified atom stereocenters. The maximum atomic E-state index is 12.4. The van der Waals surface area contributed by atoms with Gasteiger partial charge in [-0.05, 0) is 19.1 Å². The summed E-state index contributed by atoms with van der Waals surface area (Å²) in [4.78, 5) is 16.6. The fourth-order valence-corrected chi connectivity index (χ4v) is 4.22. The third kappa shape index (κ3) is 4.67. The van der Waals surface area contributed by atoms with Crippen LogP contribution in [0.25, 0.3) is 0 Å². The highest BCUT2D eigenvalue weighted by Gasteiger charge is 2.46. The van der Waals surface area contributed by atoms with Gasteiger partial charge in [-0.2, -0.15) is 5.10 Å². The zero-order chi connectivity index (χ0) is 21.0. The Hall–Kier alpha value is -2.80. The zero-order valence-corrected chi connectivity index (χ0v) is 17.6. The van der Waals surface area contributed by atoms with Gasteiger partial charge in [-0.3, -0.25) is 9.58 Å². The number of nitrogens with zero attached hydrogens (tertiary/aromatic N) is 4. The number of rotatable bonds is 8. The van der Waals surface area contributed by atoms with Gasteiger partial charge in [0.25, 0.3) is 0 Å². The zero-order valence-electron chi connectivity index (χ0n) is 17.6. The normalized spacial score (nSPS) is 18.6. The van der Waals surface area contributed by atoms with E-state index in [0.717, 1.165) is 50.5 Å². The average molecular weight is 411 g/mol. The van der Waals surface area contributed by atoms with Gasteiger partial charge in [0.2, 0.25) is 0 Å². The van der Waals surface area contributed by atoms with Crippen LogP contribution < -0.4 is 4.74 Å². The van der Waals surface area contributed by atoms with Crippen LogP contribution >= 0.6 is 0 Å². The summed E-state index contributed by atoms with van der Waals surface area (Å²) in [6.45, 7) is 10.9. The van der Waals surface area contributed by atoms with Crippen molar-refractivity contribution in [2.24, 2.45) is 0 Å². The van der Waals surface area contributed by atoms with Crippen LogP contribution in [-0.2, 0) is 17.8 Å². The molecule has 4 rings (SSSR count). The lowest BCUT2D eigenvalue weighted by Crippen LogP contribution is -2.46. The maximum Gasteiger partial charge on any atom is 0.410 e. The van der Waals surface area contributed by atoms with E-state index in [-0.39, 0.29) is 11.7 Å². The summed E-state index contributed by atoms with van der Waals surface area (Å²) in [6, 6.07) is 9.67. The van der Waals surface area contributed by atoms with Gasteiger partial charge in [-0.25, -0.2) is 4.79 Å². The first kappa shape index (κ1) is 20.5. The van der Waals surface area contributed by atoms with Crippen LogP contribution in [-0.4, -0.2) is 64.1 Å². The lowest BCUT2D eigenvalue weighted by Gasteiger charge is -2.37. The molecule has 2 saturated heterocycles. The van der Waals surface area contributed by atoms with E-state index in [9.17, 15) is 4.79 Å². The van der Waals surface area contributed by atoms with Gasteiger partial charge in [0.15, 0.2) is 0 Å². The number of amides is 1. The van der Waals surface area contributed by atoms with Gasteiger partial charge in [-0.15, -0.1) is 6.58 Å². The Balaban J connectivity index is 1.26. The van der Waals surface area contributed by atoms with E-state index in [1.165, 1.54) is 5.56 Å². The van der Waals surface area contributed by atoms with Crippen molar-refractivity contribution in [2.75, 3.05) is 32.8 Å². The van der Waals surface area contributed by atoms with E-state index in [1.807, 2.05) is 41.1 Å². The number of carbonyl (C=O) groups is 1. The van der Waals surface area contributed by atoms with E-state index >= 15 is 0 Å². The number of aromatic nitrogens is 2. The van der Waals surface area contributed by atoms with Crippen molar-refractivity contribution in [1.82, 2.24) is 19.6 Å². The number of piperidine rings is 1. The topological polar surface area (TPSA) is 59.8 Å². The van der Waals surface area contributed by atoms with Gasteiger partial charge < -0.3 is 14.4 Å². The van der Waals surface area contributed by atoms with Crippen LogP contribution in [0.2, 0.25) is 0 Å². The second-order valence-corrected chi connectivity index (χ2v) is 8.16. The van der Waals surface area contributed by atoms with Crippen molar-refractivity contribution in [3.05, 3.63) is 60.4 Å². The minimum absolute atomic E-state index is 0.221. The fraction of sp³-hybridized carbons (Fsp3) is 0.478. The van der Waals surface area contributed by atoms with Crippen molar-refractivity contribution < 1.29 is 14.3 Å². The number of ether oxygens (including phenoxy) is 2. The molecular weight excluding hydrogens is 380 g/mol. The van der Waals surface area contributed by atoms with Crippen molar-refractivity contribution in [3.8, 4) is 5.75 Å². The molecular formula is C23H30N4O3. The summed E-state index contributed by atoms with van der Waals surface area (Å²) in [5.74, 6) is 0.819. The standard InChI is InChI=1S/C23H30N4O3/c1-3-11-27-17-20(19(2)24-27)16-25-12-9-23(10-13-25)18-26(22(28)30-23)14-15-29-21-7-5-4-6-8-21/h3-8,17H,1,9-16,18H2,2H3. The summed E-state index contributed by atoms with van der Waals surface area (Å²) in [7, 11) is 0. The van der Waals surface area contributed by atoms with E-state index in [2.05, 4.69) is 29.7 Å². The van der Waals surface area contributed by atoms with Crippen LogP contribution in [0.3, 0.4) is 0 Å². The third-order valence-electron chi connectivity index (χ3n) is 5.94. The molecule has 2 aliphatic rings. The number of para-hydroxylation sites is 1. The van der Waals surface area contributed by atoms with E-state index in [1.54, 1.807) is 4.90 Å². The minimum atomic E-state index is -0.359. The summed E-state index contributed by atoms with van der Waals surface area (Å²) >= 11 is 0. The molecule has 1 spiro atoms. The molecule has 2 aliphatic heterocycles. The predicted octanol–water partition coefficient (Wildman–Crippen LogP) is 3.24. The molecule has 7 heteroatoms. The van der Waals surface area contributed by atoms with E-state index < -0.39 is 0 Å². The Bertz CT molecular complexity index is 872. The summed E-state index contributed by atoms with van der Waals surface area (Å²) in [6.07, 6.45) is 5.45. The molecule has 0 radical (unpaired) electrons. The van der Waals surface area contributed by atoms with Gasteiger partial charge in [-0.1, -0.05) is 24.3 Å². The molecule has 1 amide bonds. The largest absolute Gasteiger partial charge is 0.492 e. The first-order valence-electron chi connectivity index (χ1n) is 10.6. The van der Waals surface area contributed by atoms with Crippen molar-refractivity contribution in [1.29, 1.82) is 0 Å². The van der Waals surface area contributed by atoms with Crippen LogP contribution in [0.5, 0.6) is 5.75 Å². The van der Waals surface area contributed by atoms with Gasteiger partial charge >= 0.3 is 6.09 Å². The smallest absolute Gasteiger partial charge is 0.410 e. The van der Waals surface area contributed by atoms with Crippen molar-refractivity contribution >= 4 is 6.09 Å². The number of hydrogen-bond donors (Lipinski definition) is 0. The second kappa shape index (κ2) is 8.92. The number of aryl methyl sites for hydroxylation is 1. The Kier molecular flexibility index (Phi) is 6.08. The molecule has 0 aliphatic carbocycles. The Morgan fingerprint density at radius 2 is 2.03 bits per heavy atom. The molecule has 2 aromatic rings. The summed E-state index contributed by atoms with van der Waals surface area (Å²) < 4.78 is 13.5. The van der Waals surface area contributed by atoms with E-state index in [0.29, 0.717) is 19.7 Å². The lowest BCUT2D eigenvalue weighted by molar-refractivity contribution is -0.00128. The highest BCUT2D eigenvalue weighted by molar-refractivity contribution is 5.70. The molecule has 0 N–H and O–H groups in total. The van der Waals surface area contributed by atoms with Crippen LogP contribution in [0.15, 0.2) is 49.2 Å². The third-order valence-corrected chi connectivity index (χ3v) is 5.94. The molecule has 7 nitrogen and oxygen atoms in total. The van der Waals surface area contributed by atoms with Crippen molar-refractivity contribution in [3.63, 3.8) is 0 Å². The van der Waals surface area contributed by atoms with Gasteiger partial charge in [0.05, 0.1) is 25.3 Å². The van der Waals surface area contributed by atoms with Gasteiger partial charge in [0.1, 0.15) is 18.0 Å². The monoisotopic (exact) mass is 410 g/mol. The van der Waals surface area contributed by atoms with Crippen LogP contribution in [0, 0.1) is 6.92 Å². The van der Waals surface area contributed by atoms with Crippen LogP contribution in [0.4, 0.5) is 4.79 Å². The molecule has 0 saturated carbocycles. The van der Waals surface area contributed by atoms with E-state index in [4.69, 9.17) is 9.47 Å². The Morgan fingerprint density at radius 1 is 1.27 bits per heavy atom. The van der Waals surface area contributed by atoms with Crippen LogP contribution in [0.1, 0.15) is 24.1 Å². The molecule has 0 bridgehead atoms. The Labute approximate surface area is 177 Å². The van der Waals surface area contributed by atoms with Gasteiger partial charge in [0, 0.05) is 44.2 Å². The molecule has 3 heterocycles. The average Bonchev–Trinajstić information content (AvgIpc) is 3.24. The number of benzene rings is 1. The minimum Gasteiger partial charge on any atom is -0.492 e. The number of likely N-dealkylation sites (tertiary alicyclic amines) is 1. The summed E-state index contributed by atoms with van der Waals surface area (Å²) in [5.41, 5.74) is 1.95. The number of hydrogen-bond acceptors (Lipinski definition) is 5. The molecule has 30 heavy (non-hydrogen) atoms. The Morgan fingerprint density at radius 3 is 2.77 bits per heavy atom. The SMILES string of the molecule is C=CCn1cc(CN2CCC3(CC2)CN(CCOc2ccccc2)C(=O)O3)c(C)n1. The number of allylic oxidation sites excluding steroid dienone is 1. The van der Waals surface area contributed by atoms with Crippen molar-refractivity contribution in [2.45, 2.75) is 38.5 Å². The highest BCUT2D eigenvalue weighted by atomic mass is 16.6. The second-order valence-electron chi connectivity index (χ2n) is 8.16. The molecule has 0 atom stereocenters. The lowest BCUT2D eigenvalue weighted by atomic mass is 9.91. The number of carbonyl (C=O) groups excluding carboxylic acids is 1. The maximum absolute atomic E-state index is 12.4. The first-order valence-corrected chi connectivity index (χ1v) is 10.6. The molecule has 1 aromatic carbocycles. The first-order chi connectivity index (χ1) is 14.6. The molecule has 2 fully saturated rings. The quantitative estimate of drug-likeness (QED) is 0.626. The summed E-state index contributed by atoms with van der Waals surface area (Å²) in [5, 5.41) is 4.54. The molecule has 1 aromatic heterocycles. The predicted molar refractivity (Wildman–Crippen MR) is 114 cm³/mol. The highest BCUT2D eigenvalue weighted by Crippen LogP contribution is 2.33. The fourth-order valence-electron chi connectivity index (χ4n) is 4.22. The molecule has 160 valence electrons.